The van der Waals surface area contributed by atoms with Crippen LogP contribution in [0, 0.1) is 6.92 Å². The lowest BCUT2D eigenvalue weighted by Crippen LogP contribution is -2.39. The minimum atomic E-state index is -0.129. The number of rotatable bonds is 7. The van der Waals surface area contributed by atoms with Gasteiger partial charge in [-0.2, -0.15) is 0 Å². The Morgan fingerprint density at radius 2 is 1.79 bits per heavy atom. The molecule has 0 saturated heterocycles. The van der Waals surface area contributed by atoms with E-state index in [1.54, 1.807) is 0 Å². The highest BCUT2D eigenvalue weighted by Crippen LogP contribution is 2.23. The van der Waals surface area contributed by atoms with Crippen molar-refractivity contribution in [2.24, 2.45) is 0 Å². The maximum absolute atomic E-state index is 12.2. The average molecular weight is 330 g/mol. The van der Waals surface area contributed by atoms with E-state index in [1.165, 1.54) is 5.56 Å². The molecule has 2 rings (SSSR count). The summed E-state index contributed by atoms with van der Waals surface area (Å²) < 4.78 is 5.80. The molecule has 0 aliphatic carbocycles. The van der Waals surface area contributed by atoms with Crippen molar-refractivity contribution >= 4 is 5.91 Å². The zero-order valence-electron chi connectivity index (χ0n) is 15.1. The maximum Gasteiger partial charge on any atom is 0.247 e. The quantitative estimate of drug-likeness (QED) is 0.781. The van der Waals surface area contributed by atoms with Gasteiger partial charge in [0, 0.05) is 18.7 Å². The Morgan fingerprint density at radius 1 is 1.17 bits per heavy atom. The van der Waals surface area contributed by atoms with Crippen molar-refractivity contribution in [1.82, 2.24) is 20.0 Å². The van der Waals surface area contributed by atoms with Crippen LogP contribution in [0.3, 0.4) is 0 Å². The normalized spacial score (nSPS) is 12.4. The number of benzene rings is 1. The summed E-state index contributed by atoms with van der Waals surface area (Å²) >= 11 is 0. The van der Waals surface area contributed by atoms with E-state index in [9.17, 15) is 4.79 Å². The third kappa shape index (κ3) is 4.20. The number of amides is 1. The van der Waals surface area contributed by atoms with E-state index >= 15 is 0 Å². The molecule has 0 spiro atoms. The fourth-order valence-corrected chi connectivity index (χ4v) is 2.43. The average Bonchev–Trinajstić information content (AvgIpc) is 3.05. The first kappa shape index (κ1) is 18.1. The molecule has 130 valence electrons. The van der Waals surface area contributed by atoms with Crippen molar-refractivity contribution in [3.05, 3.63) is 35.7 Å². The van der Waals surface area contributed by atoms with Gasteiger partial charge >= 0.3 is 0 Å². The summed E-state index contributed by atoms with van der Waals surface area (Å²) in [6.07, 6.45) is 0. The molecule has 1 amide bonds. The minimum absolute atomic E-state index is 0.104. The van der Waals surface area contributed by atoms with E-state index in [4.69, 9.17) is 4.42 Å². The van der Waals surface area contributed by atoms with Gasteiger partial charge in [0.05, 0.1) is 12.6 Å². The van der Waals surface area contributed by atoms with Crippen LogP contribution in [0.2, 0.25) is 0 Å². The smallest absolute Gasteiger partial charge is 0.247 e. The predicted molar refractivity (Wildman–Crippen MR) is 93.4 cm³/mol. The monoisotopic (exact) mass is 330 g/mol. The van der Waals surface area contributed by atoms with Crippen LogP contribution in [-0.2, 0) is 4.79 Å². The lowest BCUT2D eigenvalue weighted by atomic mass is 10.1. The maximum atomic E-state index is 12.2. The summed E-state index contributed by atoms with van der Waals surface area (Å²) in [5, 5.41) is 8.27. The van der Waals surface area contributed by atoms with Crippen molar-refractivity contribution in [2.45, 2.75) is 33.7 Å². The van der Waals surface area contributed by atoms with Gasteiger partial charge in [0.15, 0.2) is 0 Å². The molecule has 2 aromatic rings. The van der Waals surface area contributed by atoms with Crippen LogP contribution in [0.25, 0.3) is 11.5 Å². The van der Waals surface area contributed by atoms with Crippen LogP contribution in [0.1, 0.15) is 38.3 Å². The van der Waals surface area contributed by atoms with Crippen LogP contribution in [0.4, 0.5) is 0 Å². The lowest BCUT2D eigenvalue weighted by Gasteiger charge is -2.25. The molecule has 6 nitrogen and oxygen atoms in total. The Labute approximate surface area is 143 Å². The highest BCUT2D eigenvalue weighted by Gasteiger charge is 2.22. The Morgan fingerprint density at radius 3 is 2.38 bits per heavy atom. The number of carbonyl (C=O) groups excluding carboxylic acids is 1. The number of likely N-dealkylation sites (N-methyl/N-ethyl adjacent to an activating group) is 2. The minimum Gasteiger partial charge on any atom is -0.419 e. The first-order valence-corrected chi connectivity index (χ1v) is 8.34. The van der Waals surface area contributed by atoms with E-state index < -0.39 is 0 Å². The van der Waals surface area contributed by atoms with Crippen LogP contribution < -0.4 is 0 Å². The molecule has 0 saturated carbocycles. The Balaban J connectivity index is 2.06. The van der Waals surface area contributed by atoms with Crippen LogP contribution in [0.5, 0.6) is 0 Å². The Kier molecular flexibility index (Phi) is 6.09. The topological polar surface area (TPSA) is 62.5 Å². The van der Waals surface area contributed by atoms with Gasteiger partial charge in [0.1, 0.15) is 0 Å². The van der Waals surface area contributed by atoms with Crippen molar-refractivity contribution in [1.29, 1.82) is 0 Å². The molecule has 0 fully saturated rings. The van der Waals surface area contributed by atoms with Gasteiger partial charge < -0.3 is 9.32 Å². The molecular weight excluding hydrogens is 304 g/mol. The fourth-order valence-electron chi connectivity index (χ4n) is 2.43. The van der Waals surface area contributed by atoms with Crippen LogP contribution >= 0.6 is 0 Å². The molecule has 0 aliphatic heterocycles. The number of hydrogen-bond acceptors (Lipinski definition) is 5. The second kappa shape index (κ2) is 8.06. The SMILES string of the molecule is CCN(CC)C(=O)CN(C)C(C)c1nnc(-c2ccc(C)cc2)o1. The van der Waals surface area contributed by atoms with Gasteiger partial charge in [-0.05, 0) is 46.9 Å². The summed E-state index contributed by atoms with van der Waals surface area (Å²) in [6.45, 7) is 9.72. The zero-order valence-corrected chi connectivity index (χ0v) is 15.1. The van der Waals surface area contributed by atoms with Gasteiger partial charge in [0.25, 0.3) is 0 Å². The summed E-state index contributed by atoms with van der Waals surface area (Å²) in [5.41, 5.74) is 2.08. The van der Waals surface area contributed by atoms with E-state index in [0.717, 1.165) is 18.7 Å². The van der Waals surface area contributed by atoms with Crippen molar-refractivity contribution < 1.29 is 9.21 Å². The molecular formula is C18H26N4O2. The molecule has 0 bridgehead atoms. The Hall–Kier alpha value is -2.21. The number of hydrogen-bond donors (Lipinski definition) is 0. The van der Waals surface area contributed by atoms with Crippen molar-refractivity contribution in [2.75, 3.05) is 26.7 Å². The molecule has 0 aliphatic rings. The third-order valence-corrected chi connectivity index (χ3v) is 4.26. The lowest BCUT2D eigenvalue weighted by molar-refractivity contribution is -0.132. The Bertz CT molecular complexity index is 662. The van der Waals surface area contributed by atoms with Gasteiger partial charge in [0.2, 0.25) is 17.7 Å². The van der Waals surface area contributed by atoms with Gasteiger partial charge in [-0.25, -0.2) is 0 Å². The van der Waals surface area contributed by atoms with Gasteiger partial charge in [-0.1, -0.05) is 17.7 Å². The predicted octanol–water partition coefficient (Wildman–Crippen LogP) is 2.91. The van der Waals surface area contributed by atoms with Crippen LogP contribution in [-0.4, -0.2) is 52.6 Å². The number of nitrogens with zero attached hydrogens (tertiary/aromatic N) is 4. The first-order chi connectivity index (χ1) is 11.5. The summed E-state index contributed by atoms with van der Waals surface area (Å²) in [4.78, 5) is 16.0. The van der Waals surface area contributed by atoms with E-state index in [0.29, 0.717) is 18.3 Å². The number of carbonyl (C=O) groups is 1. The largest absolute Gasteiger partial charge is 0.419 e. The zero-order chi connectivity index (χ0) is 17.7. The second-order valence-electron chi connectivity index (χ2n) is 5.97. The molecule has 1 aromatic heterocycles. The summed E-state index contributed by atoms with van der Waals surface area (Å²) in [5.74, 6) is 1.12. The fraction of sp³-hybridized carbons (Fsp3) is 0.500. The standard InChI is InChI=1S/C18H26N4O2/c1-6-22(7-2)16(23)12-21(5)14(4)17-19-20-18(24-17)15-10-8-13(3)9-11-15/h8-11,14H,6-7,12H2,1-5H3. The summed E-state index contributed by atoms with van der Waals surface area (Å²) in [7, 11) is 1.89. The van der Waals surface area contributed by atoms with Crippen LogP contribution in [0.15, 0.2) is 28.7 Å². The van der Waals surface area contributed by atoms with Crippen molar-refractivity contribution in [3.8, 4) is 11.5 Å². The van der Waals surface area contributed by atoms with E-state index in [-0.39, 0.29) is 11.9 Å². The van der Waals surface area contributed by atoms with Crippen molar-refractivity contribution in [3.63, 3.8) is 0 Å². The second-order valence-corrected chi connectivity index (χ2v) is 5.97. The molecule has 6 heteroatoms. The molecule has 1 heterocycles. The molecule has 0 radical (unpaired) electrons. The molecule has 0 N–H and O–H groups in total. The van der Waals surface area contributed by atoms with E-state index in [1.807, 2.05) is 68.8 Å². The summed E-state index contributed by atoms with van der Waals surface area (Å²) in [6, 6.07) is 7.82. The number of aryl methyl sites for hydroxylation is 1. The molecule has 1 aromatic carbocycles. The molecule has 24 heavy (non-hydrogen) atoms. The third-order valence-electron chi connectivity index (χ3n) is 4.26. The van der Waals surface area contributed by atoms with E-state index in [2.05, 4.69) is 10.2 Å². The number of aromatic nitrogens is 2. The van der Waals surface area contributed by atoms with Gasteiger partial charge in [-0.3, -0.25) is 9.69 Å². The first-order valence-electron chi connectivity index (χ1n) is 8.34. The molecule has 1 atom stereocenters. The molecule has 1 unspecified atom stereocenters. The highest BCUT2D eigenvalue weighted by molar-refractivity contribution is 5.78. The highest BCUT2D eigenvalue weighted by atomic mass is 16.4. The van der Waals surface area contributed by atoms with Gasteiger partial charge in [-0.15, -0.1) is 10.2 Å².